The number of carbonyl (C=O) groups is 2. The average Bonchev–Trinajstić information content (AvgIpc) is 2.66. The predicted octanol–water partition coefficient (Wildman–Crippen LogP) is 2.66. The molecule has 2 aliphatic heterocycles. The van der Waals surface area contributed by atoms with Gasteiger partial charge in [0.05, 0.1) is 5.56 Å². The second-order valence-corrected chi connectivity index (χ2v) is 5.16. The maximum Gasteiger partial charge on any atom is 0.342 e. The molecule has 0 spiro atoms. The molecule has 0 fully saturated rings. The molecule has 3 rings (SSSR count). The molecule has 0 unspecified atom stereocenters. The average molecular weight is 258 g/mol. The van der Waals surface area contributed by atoms with E-state index in [0.29, 0.717) is 29.1 Å². The number of cyclic esters (lactones) is 1. The Morgan fingerprint density at radius 3 is 2.68 bits per heavy atom. The normalized spacial score (nSPS) is 20.6. The summed E-state index contributed by atoms with van der Waals surface area (Å²) in [6.45, 7) is 5.47. The Morgan fingerprint density at radius 1 is 1.26 bits per heavy atom. The van der Waals surface area contributed by atoms with Crippen molar-refractivity contribution < 1.29 is 19.1 Å². The van der Waals surface area contributed by atoms with Gasteiger partial charge in [0.2, 0.25) is 5.78 Å². The second-order valence-electron chi connectivity index (χ2n) is 5.16. The molecule has 2 heterocycles. The minimum atomic E-state index is -0.409. The number of fused-ring (bicyclic) bond motifs is 3. The number of benzene rings is 1. The van der Waals surface area contributed by atoms with Crippen LogP contribution in [0.1, 0.15) is 47.1 Å². The van der Waals surface area contributed by atoms with E-state index in [4.69, 9.17) is 9.47 Å². The first kappa shape index (κ1) is 12.0. The molecule has 1 atom stereocenters. The Bertz CT molecular complexity index is 636. The molecule has 0 aliphatic carbocycles. The Balaban J connectivity index is 2.20. The highest BCUT2D eigenvalue weighted by atomic mass is 16.5. The van der Waals surface area contributed by atoms with Crippen molar-refractivity contribution in [2.24, 2.45) is 0 Å². The summed E-state index contributed by atoms with van der Waals surface area (Å²) in [4.78, 5) is 24.2. The fourth-order valence-electron chi connectivity index (χ4n) is 2.50. The highest BCUT2D eigenvalue weighted by Gasteiger charge is 2.36. The molecule has 19 heavy (non-hydrogen) atoms. The van der Waals surface area contributed by atoms with E-state index in [1.54, 1.807) is 6.07 Å². The van der Waals surface area contributed by atoms with Gasteiger partial charge in [0, 0.05) is 6.42 Å². The molecular formula is C15H14O4. The zero-order valence-corrected chi connectivity index (χ0v) is 11.1. The van der Waals surface area contributed by atoms with E-state index < -0.39 is 5.97 Å². The van der Waals surface area contributed by atoms with Gasteiger partial charge in [-0.25, -0.2) is 4.79 Å². The fraction of sp³-hybridized carbons (Fsp3) is 0.333. The first-order chi connectivity index (χ1) is 8.99. The summed E-state index contributed by atoms with van der Waals surface area (Å²) in [6, 6.07) is 3.55. The van der Waals surface area contributed by atoms with E-state index >= 15 is 0 Å². The maximum absolute atomic E-state index is 12.2. The number of hydrogen-bond donors (Lipinski definition) is 0. The Kier molecular flexibility index (Phi) is 2.49. The van der Waals surface area contributed by atoms with Crippen LogP contribution >= 0.6 is 0 Å². The van der Waals surface area contributed by atoms with E-state index in [1.807, 2.05) is 26.8 Å². The summed E-state index contributed by atoms with van der Waals surface area (Å²) >= 11 is 0. The molecule has 1 aromatic rings. The third-order valence-corrected chi connectivity index (χ3v) is 3.37. The van der Waals surface area contributed by atoms with E-state index in [-0.39, 0.29) is 11.9 Å². The van der Waals surface area contributed by atoms with Gasteiger partial charge >= 0.3 is 5.97 Å². The number of ketones is 1. The van der Waals surface area contributed by atoms with E-state index in [9.17, 15) is 9.59 Å². The fourth-order valence-corrected chi connectivity index (χ4v) is 2.50. The molecule has 0 saturated carbocycles. The van der Waals surface area contributed by atoms with Crippen LogP contribution in [0.4, 0.5) is 0 Å². The quantitative estimate of drug-likeness (QED) is 0.530. The molecule has 0 saturated heterocycles. The highest BCUT2D eigenvalue weighted by Crippen LogP contribution is 2.39. The van der Waals surface area contributed by atoms with Crippen LogP contribution < -0.4 is 4.74 Å². The lowest BCUT2D eigenvalue weighted by Gasteiger charge is -2.22. The van der Waals surface area contributed by atoms with Crippen molar-refractivity contribution in [3.63, 3.8) is 0 Å². The smallest absolute Gasteiger partial charge is 0.342 e. The number of allylic oxidation sites excluding steroid dienone is 2. The maximum atomic E-state index is 12.2. The monoisotopic (exact) mass is 258 g/mol. The van der Waals surface area contributed by atoms with E-state index in [0.717, 1.165) is 11.1 Å². The van der Waals surface area contributed by atoms with Crippen LogP contribution in [-0.2, 0) is 11.2 Å². The largest absolute Gasteiger partial charge is 0.459 e. The van der Waals surface area contributed by atoms with Crippen molar-refractivity contribution in [2.45, 2.75) is 33.3 Å². The number of ether oxygens (including phenoxy) is 2. The van der Waals surface area contributed by atoms with Gasteiger partial charge in [0.25, 0.3) is 0 Å². The molecular weight excluding hydrogens is 244 g/mol. The molecule has 0 amide bonds. The van der Waals surface area contributed by atoms with Crippen molar-refractivity contribution in [2.75, 3.05) is 0 Å². The van der Waals surface area contributed by atoms with E-state index in [2.05, 4.69) is 0 Å². The molecule has 0 N–H and O–H groups in total. The number of carbonyl (C=O) groups excluding carboxylic acids is 2. The zero-order valence-electron chi connectivity index (χ0n) is 11.1. The van der Waals surface area contributed by atoms with Gasteiger partial charge in [-0.15, -0.1) is 0 Å². The summed E-state index contributed by atoms with van der Waals surface area (Å²) in [6.07, 6.45) is 0.508. The Labute approximate surface area is 111 Å². The van der Waals surface area contributed by atoms with Gasteiger partial charge in [0.15, 0.2) is 11.5 Å². The van der Waals surface area contributed by atoms with Crippen molar-refractivity contribution >= 4 is 11.8 Å². The molecule has 0 bridgehead atoms. The van der Waals surface area contributed by atoms with Crippen molar-refractivity contribution in [3.05, 3.63) is 40.2 Å². The van der Waals surface area contributed by atoms with Crippen molar-refractivity contribution in [3.8, 4) is 5.75 Å². The highest BCUT2D eigenvalue weighted by molar-refractivity contribution is 6.15. The summed E-state index contributed by atoms with van der Waals surface area (Å²) in [5, 5.41) is 0. The summed E-state index contributed by atoms with van der Waals surface area (Å²) in [5.74, 6) is 0.100. The summed E-state index contributed by atoms with van der Waals surface area (Å²) < 4.78 is 10.8. The van der Waals surface area contributed by atoms with Crippen LogP contribution in [0.15, 0.2) is 23.5 Å². The van der Waals surface area contributed by atoms with Crippen molar-refractivity contribution in [1.82, 2.24) is 0 Å². The number of rotatable bonds is 0. The molecule has 0 radical (unpaired) electrons. The minimum absolute atomic E-state index is 0.141. The molecule has 98 valence electrons. The van der Waals surface area contributed by atoms with Crippen LogP contribution in [0.25, 0.3) is 0 Å². The van der Waals surface area contributed by atoms with Gasteiger partial charge in [-0.3, -0.25) is 4.79 Å². The van der Waals surface area contributed by atoms with Gasteiger partial charge < -0.3 is 9.47 Å². The summed E-state index contributed by atoms with van der Waals surface area (Å²) in [5.41, 5.74) is 2.53. The first-order valence-electron chi connectivity index (χ1n) is 6.26. The Morgan fingerprint density at radius 2 is 2.00 bits per heavy atom. The number of Topliss-reactive ketones (excluding diaryl/α,β-unsaturated/α-hetero) is 1. The molecule has 4 nitrogen and oxygen atoms in total. The van der Waals surface area contributed by atoms with Gasteiger partial charge in [-0.2, -0.15) is 0 Å². The SMILES string of the molecule is CC(C)=C1Oc2c(ccc3c2C(=O)O[C@H](C)C3)C1=O. The zero-order chi connectivity index (χ0) is 13.7. The third kappa shape index (κ3) is 1.67. The van der Waals surface area contributed by atoms with Crippen LogP contribution in [0.3, 0.4) is 0 Å². The van der Waals surface area contributed by atoms with Crippen LogP contribution in [0.5, 0.6) is 5.75 Å². The first-order valence-corrected chi connectivity index (χ1v) is 6.26. The molecule has 4 heteroatoms. The Hall–Kier alpha value is -2.10. The predicted molar refractivity (Wildman–Crippen MR) is 68.4 cm³/mol. The van der Waals surface area contributed by atoms with Crippen molar-refractivity contribution in [1.29, 1.82) is 0 Å². The lowest BCUT2D eigenvalue weighted by atomic mass is 9.95. The standard InChI is InChI=1S/C15H14O4/c1-7(2)13-12(16)10-5-4-9-6-8(3)18-15(17)11(9)14(10)19-13/h4-5,8H,6H2,1-3H3/t8-/m1/s1. The third-order valence-electron chi connectivity index (χ3n) is 3.37. The topological polar surface area (TPSA) is 52.6 Å². The molecule has 0 aromatic heterocycles. The van der Waals surface area contributed by atoms with Gasteiger partial charge in [0.1, 0.15) is 11.7 Å². The lowest BCUT2D eigenvalue weighted by molar-refractivity contribution is 0.0297. The number of hydrogen-bond acceptors (Lipinski definition) is 4. The second kappa shape index (κ2) is 3.95. The summed E-state index contributed by atoms with van der Waals surface area (Å²) in [7, 11) is 0. The van der Waals surface area contributed by atoms with Gasteiger partial charge in [-0.05, 0) is 38.0 Å². The number of esters is 1. The lowest BCUT2D eigenvalue weighted by Crippen LogP contribution is -2.25. The molecule has 1 aromatic carbocycles. The van der Waals surface area contributed by atoms with E-state index in [1.165, 1.54) is 0 Å². The van der Waals surface area contributed by atoms with Crippen LogP contribution in [-0.4, -0.2) is 17.9 Å². The van der Waals surface area contributed by atoms with Crippen LogP contribution in [0.2, 0.25) is 0 Å². The van der Waals surface area contributed by atoms with Gasteiger partial charge in [-0.1, -0.05) is 6.07 Å². The van der Waals surface area contributed by atoms with Crippen LogP contribution in [0, 0.1) is 0 Å². The molecule has 2 aliphatic rings. The minimum Gasteiger partial charge on any atom is -0.459 e.